The van der Waals surface area contributed by atoms with E-state index in [4.69, 9.17) is 4.74 Å². The van der Waals surface area contributed by atoms with Gasteiger partial charge in [-0.2, -0.15) is 0 Å². The maximum Gasteiger partial charge on any atom is 0.407 e. The highest BCUT2D eigenvalue weighted by molar-refractivity contribution is 5.86. The molecule has 1 aliphatic rings. The molecule has 5 nitrogen and oxygen atoms in total. The highest BCUT2D eigenvalue weighted by Crippen LogP contribution is 2.19. The van der Waals surface area contributed by atoms with Crippen molar-refractivity contribution in [1.82, 2.24) is 10.6 Å². The van der Waals surface area contributed by atoms with Gasteiger partial charge in [0, 0.05) is 6.04 Å². The van der Waals surface area contributed by atoms with Gasteiger partial charge >= 0.3 is 6.09 Å². The predicted octanol–water partition coefficient (Wildman–Crippen LogP) is 1.67. The van der Waals surface area contributed by atoms with Crippen LogP contribution >= 0.6 is 0 Å². The molecule has 0 heterocycles. The Balaban J connectivity index is 2.40. The molecule has 1 aliphatic carbocycles. The Kier molecular flexibility index (Phi) is 5.44. The van der Waals surface area contributed by atoms with Gasteiger partial charge in [0.15, 0.2) is 0 Å². The summed E-state index contributed by atoms with van der Waals surface area (Å²) in [4.78, 5) is 23.5. The molecule has 5 heteroatoms. The molecule has 0 aromatic heterocycles. The van der Waals surface area contributed by atoms with E-state index in [9.17, 15) is 9.59 Å². The van der Waals surface area contributed by atoms with Crippen LogP contribution in [0.1, 0.15) is 40.5 Å². The molecular formula is C13H24N2O3. The fourth-order valence-electron chi connectivity index (χ4n) is 1.46. The second-order valence-electron chi connectivity index (χ2n) is 5.64. The summed E-state index contributed by atoms with van der Waals surface area (Å²) in [6, 6.07) is -0.225. The average Bonchev–Trinajstić information content (AvgIpc) is 3.06. The van der Waals surface area contributed by atoms with Crippen LogP contribution in [0.25, 0.3) is 0 Å². The molecule has 0 spiro atoms. The Morgan fingerprint density at radius 2 is 1.83 bits per heavy atom. The van der Waals surface area contributed by atoms with E-state index in [0.29, 0.717) is 12.6 Å². The monoisotopic (exact) mass is 256 g/mol. The molecule has 104 valence electrons. The molecule has 0 saturated heterocycles. The maximum absolute atomic E-state index is 11.9. The van der Waals surface area contributed by atoms with E-state index < -0.39 is 12.1 Å². The highest BCUT2D eigenvalue weighted by atomic mass is 16.5. The van der Waals surface area contributed by atoms with Crippen molar-refractivity contribution in [3.05, 3.63) is 0 Å². The van der Waals surface area contributed by atoms with Gasteiger partial charge in [-0.15, -0.1) is 0 Å². The van der Waals surface area contributed by atoms with Gasteiger partial charge in [-0.05, 0) is 24.7 Å². The zero-order valence-electron chi connectivity index (χ0n) is 11.7. The minimum absolute atomic E-state index is 0.0374. The van der Waals surface area contributed by atoms with Gasteiger partial charge in [0.25, 0.3) is 0 Å². The standard InChI is InChI=1S/C13H24N2O3/c1-8(2)7-18-13(17)15-11(9(3)4)12(16)14-10-5-6-10/h8-11H,5-7H2,1-4H3,(H,14,16)(H,15,17). The van der Waals surface area contributed by atoms with Gasteiger partial charge in [0.05, 0.1) is 6.61 Å². The van der Waals surface area contributed by atoms with Crippen LogP contribution in [0.4, 0.5) is 4.79 Å². The summed E-state index contributed by atoms with van der Waals surface area (Å²) in [5, 5.41) is 5.53. The van der Waals surface area contributed by atoms with Crippen molar-refractivity contribution in [2.45, 2.75) is 52.6 Å². The van der Waals surface area contributed by atoms with Gasteiger partial charge in [-0.3, -0.25) is 4.79 Å². The largest absolute Gasteiger partial charge is 0.449 e. The first-order chi connectivity index (χ1) is 8.40. The van der Waals surface area contributed by atoms with Crippen LogP contribution in [0, 0.1) is 11.8 Å². The molecule has 18 heavy (non-hydrogen) atoms. The van der Waals surface area contributed by atoms with E-state index in [1.54, 1.807) is 0 Å². The molecular weight excluding hydrogens is 232 g/mol. The molecule has 1 saturated carbocycles. The normalized spacial score (nSPS) is 16.6. The van der Waals surface area contributed by atoms with Crippen molar-refractivity contribution < 1.29 is 14.3 Å². The lowest BCUT2D eigenvalue weighted by Crippen LogP contribution is -2.50. The quantitative estimate of drug-likeness (QED) is 0.759. The third kappa shape index (κ3) is 5.38. The highest BCUT2D eigenvalue weighted by Gasteiger charge is 2.30. The maximum atomic E-state index is 11.9. The summed E-state index contributed by atoms with van der Waals surface area (Å²) in [6.45, 7) is 8.10. The van der Waals surface area contributed by atoms with Crippen molar-refractivity contribution in [3.63, 3.8) is 0 Å². The summed E-state index contributed by atoms with van der Waals surface area (Å²) in [5.74, 6) is 0.206. The van der Waals surface area contributed by atoms with Gasteiger partial charge in [0.2, 0.25) is 5.91 Å². The molecule has 1 rings (SSSR count). The summed E-state index contributed by atoms with van der Waals surface area (Å²) in [7, 11) is 0. The van der Waals surface area contributed by atoms with E-state index in [0.717, 1.165) is 12.8 Å². The SMILES string of the molecule is CC(C)COC(=O)NC(C(=O)NC1CC1)C(C)C. The Bertz CT molecular complexity index is 299. The number of carbonyl (C=O) groups excluding carboxylic acids is 2. The molecule has 2 N–H and O–H groups in total. The second kappa shape index (κ2) is 6.61. The molecule has 0 aromatic carbocycles. The Hall–Kier alpha value is -1.26. The van der Waals surface area contributed by atoms with E-state index in [1.807, 2.05) is 27.7 Å². The number of carbonyl (C=O) groups is 2. The van der Waals surface area contributed by atoms with E-state index in [1.165, 1.54) is 0 Å². The number of nitrogens with one attached hydrogen (secondary N) is 2. The number of amides is 2. The zero-order valence-corrected chi connectivity index (χ0v) is 11.7. The fraction of sp³-hybridized carbons (Fsp3) is 0.846. The van der Waals surface area contributed by atoms with Crippen LogP contribution < -0.4 is 10.6 Å². The van der Waals surface area contributed by atoms with Crippen molar-refractivity contribution in [1.29, 1.82) is 0 Å². The lowest BCUT2D eigenvalue weighted by Gasteiger charge is -2.21. The predicted molar refractivity (Wildman–Crippen MR) is 69.1 cm³/mol. The molecule has 1 fully saturated rings. The number of rotatable bonds is 6. The molecule has 1 atom stereocenters. The van der Waals surface area contributed by atoms with E-state index in [2.05, 4.69) is 10.6 Å². The van der Waals surface area contributed by atoms with E-state index >= 15 is 0 Å². The lowest BCUT2D eigenvalue weighted by molar-refractivity contribution is -0.124. The van der Waals surface area contributed by atoms with Crippen LogP contribution in [0.2, 0.25) is 0 Å². The lowest BCUT2D eigenvalue weighted by atomic mass is 10.0. The smallest absolute Gasteiger partial charge is 0.407 e. The van der Waals surface area contributed by atoms with Crippen molar-refractivity contribution in [2.24, 2.45) is 11.8 Å². The molecule has 0 aromatic rings. The second-order valence-corrected chi connectivity index (χ2v) is 5.64. The van der Waals surface area contributed by atoms with Crippen LogP contribution in [0.5, 0.6) is 0 Å². The van der Waals surface area contributed by atoms with Crippen molar-refractivity contribution in [2.75, 3.05) is 6.61 Å². The molecule has 1 unspecified atom stereocenters. The zero-order chi connectivity index (χ0) is 13.7. The van der Waals surface area contributed by atoms with Gasteiger partial charge < -0.3 is 15.4 Å². The summed E-state index contributed by atoms with van der Waals surface area (Å²) >= 11 is 0. The number of ether oxygens (including phenoxy) is 1. The average molecular weight is 256 g/mol. The van der Waals surface area contributed by atoms with Crippen LogP contribution in [0.15, 0.2) is 0 Å². The first-order valence-corrected chi connectivity index (χ1v) is 6.63. The van der Waals surface area contributed by atoms with Crippen LogP contribution in [-0.2, 0) is 9.53 Å². The van der Waals surface area contributed by atoms with Gasteiger partial charge in [-0.1, -0.05) is 27.7 Å². The number of alkyl carbamates (subject to hydrolysis) is 1. The van der Waals surface area contributed by atoms with Gasteiger partial charge in [-0.25, -0.2) is 4.79 Å². The Labute approximate surface area is 109 Å². The molecule has 2 amide bonds. The Morgan fingerprint density at radius 3 is 2.28 bits per heavy atom. The third-order valence-corrected chi connectivity index (χ3v) is 2.69. The number of hydrogen-bond donors (Lipinski definition) is 2. The Morgan fingerprint density at radius 1 is 1.22 bits per heavy atom. The third-order valence-electron chi connectivity index (χ3n) is 2.69. The first-order valence-electron chi connectivity index (χ1n) is 6.63. The molecule has 0 aliphatic heterocycles. The number of hydrogen-bond acceptors (Lipinski definition) is 3. The molecule has 0 bridgehead atoms. The van der Waals surface area contributed by atoms with Crippen molar-refractivity contribution >= 4 is 12.0 Å². The minimum atomic E-state index is -0.523. The van der Waals surface area contributed by atoms with Crippen LogP contribution in [0.3, 0.4) is 0 Å². The summed E-state index contributed by atoms with van der Waals surface area (Å²) < 4.78 is 5.02. The minimum Gasteiger partial charge on any atom is -0.449 e. The summed E-state index contributed by atoms with van der Waals surface area (Å²) in [5.41, 5.74) is 0. The summed E-state index contributed by atoms with van der Waals surface area (Å²) in [6.07, 6.45) is 1.55. The fourth-order valence-corrected chi connectivity index (χ4v) is 1.46. The van der Waals surface area contributed by atoms with Gasteiger partial charge in [0.1, 0.15) is 6.04 Å². The van der Waals surface area contributed by atoms with E-state index in [-0.39, 0.29) is 17.7 Å². The van der Waals surface area contributed by atoms with Crippen LogP contribution in [-0.4, -0.2) is 30.7 Å². The van der Waals surface area contributed by atoms with Crippen molar-refractivity contribution in [3.8, 4) is 0 Å². The topological polar surface area (TPSA) is 67.4 Å². The molecule has 0 radical (unpaired) electrons. The first kappa shape index (κ1) is 14.8.